The Morgan fingerprint density at radius 3 is 3.08 bits per heavy atom. The van der Waals surface area contributed by atoms with Crippen LogP contribution in [0.2, 0.25) is 0 Å². The predicted octanol–water partition coefficient (Wildman–Crippen LogP) is 0.663. The van der Waals surface area contributed by atoms with Crippen molar-refractivity contribution in [3.05, 3.63) is 30.4 Å². The third kappa shape index (κ3) is 2.49. The van der Waals surface area contributed by atoms with Crippen molar-refractivity contribution < 1.29 is 9.53 Å². The van der Waals surface area contributed by atoms with E-state index in [0.717, 1.165) is 0 Å². The maximum absolute atomic E-state index is 10.6. The molecule has 0 unspecified atom stereocenters. The molecule has 12 heavy (non-hydrogen) atoms. The van der Waals surface area contributed by atoms with Crippen molar-refractivity contribution in [1.29, 1.82) is 0 Å². The van der Waals surface area contributed by atoms with Crippen LogP contribution in [0.25, 0.3) is 6.08 Å². The average Bonchev–Trinajstić information content (AvgIpc) is 2.16. The minimum absolute atomic E-state index is 0.395. The number of ether oxygens (including phenoxy) is 1. The lowest BCUT2D eigenvalue weighted by Crippen LogP contribution is -1.93. The molecular formula is C8H8N2O2. The normalized spacial score (nSPS) is 10.1. The summed E-state index contributed by atoms with van der Waals surface area (Å²) in [7, 11) is 1.33. The number of hydrogen-bond donors (Lipinski definition) is 0. The van der Waals surface area contributed by atoms with Gasteiger partial charge in [0, 0.05) is 12.3 Å². The lowest BCUT2D eigenvalue weighted by Gasteiger charge is -1.90. The lowest BCUT2D eigenvalue weighted by atomic mass is 10.3. The second-order valence-electron chi connectivity index (χ2n) is 1.99. The van der Waals surface area contributed by atoms with Crippen LogP contribution in [0.3, 0.4) is 0 Å². The van der Waals surface area contributed by atoms with Crippen LogP contribution in [0.15, 0.2) is 24.7 Å². The third-order valence-electron chi connectivity index (χ3n) is 1.20. The number of rotatable bonds is 2. The van der Waals surface area contributed by atoms with Crippen molar-refractivity contribution in [2.45, 2.75) is 0 Å². The van der Waals surface area contributed by atoms with Gasteiger partial charge in [-0.15, -0.1) is 0 Å². The van der Waals surface area contributed by atoms with Crippen molar-refractivity contribution in [2.75, 3.05) is 7.11 Å². The van der Waals surface area contributed by atoms with Gasteiger partial charge >= 0.3 is 5.97 Å². The maximum Gasteiger partial charge on any atom is 0.330 e. The van der Waals surface area contributed by atoms with Crippen molar-refractivity contribution in [2.24, 2.45) is 0 Å². The maximum atomic E-state index is 10.6. The van der Waals surface area contributed by atoms with Gasteiger partial charge in [0.1, 0.15) is 6.33 Å². The van der Waals surface area contributed by atoms with E-state index in [1.807, 2.05) is 0 Å². The molecule has 0 amide bonds. The Morgan fingerprint density at radius 1 is 1.67 bits per heavy atom. The van der Waals surface area contributed by atoms with E-state index >= 15 is 0 Å². The summed E-state index contributed by atoms with van der Waals surface area (Å²) in [5.74, 6) is -0.395. The van der Waals surface area contributed by atoms with Crippen LogP contribution in [0, 0.1) is 0 Å². The van der Waals surface area contributed by atoms with Gasteiger partial charge in [-0.05, 0) is 12.1 Å². The molecule has 0 aliphatic carbocycles. The third-order valence-corrected chi connectivity index (χ3v) is 1.20. The summed E-state index contributed by atoms with van der Waals surface area (Å²) in [6.45, 7) is 0. The average molecular weight is 164 g/mol. The first-order valence-electron chi connectivity index (χ1n) is 3.35. The van der Waals surface area contributed by atoms with Gasteiger partial charge in [-0.1, -0.05) is 0 Å². The summed E-state index contributed by atoms with van der Waals surface area (Å²) in [5, 5.41) is 0. The smallest absolute Gasteiger partial charge is 0.330 e. The fourth-order valence-corrected chi connectivity index (χ4v) is 0.621. The number of carbonyl (C=O) groups is 1. The van der Waals surface area contributed by atoms with Crippen LogP contribution >= 0.6 is 0 Å². The second-order valence-corrected chi connectivity index (χ2v) is 1.99. The molecule has 4 heteroatoms. The zero-order valence-electron chi connectivity index (χ0n) is 6.60. The van der Waals surface area contributed by atoms with E-state index in [2.05, 4.69) is 14.7 Å². The SMILES string of the molecule is COC(=O)/C=C/c1ccncn1. The van der Waals surface area contributed by atoms with E-state index in [9.17, 15) is 4.79 Å². The number of nitrogens with zero attached hydrogens (tertiary/aromatic N) is 2. The Labute approximate surface area is 69.9 Å². The van der Waals surface area contributed by atoms with Gasteiger partial charge in [0.15, 0.2) is 0 Å². The van der Waals surface area contributed by atoms with Crippen LogP contribution in [0.5, 0.6) is 0 Å². The Bertz CT molecular complexity index is 282. The van der Waals surface area contributed by atoms with Gasteiger partial charge in [-0.3, -0.25) is 0 Å². The van der Waals surface area contributed by atoms with Crippen LogP contribution in [0.4, 0.5) is 0 Å². The fourth-order valence-electron chi connectivity index (χ4n) is 0.621. The quantitative estimate of drug-likeness (QED) is 0.476. The molecular weight excluding hydrogens is 156 g/mol. The first kappa shape index (κ1) is 8.39. The Morgan fingerprint density at radius 2 is 2.50 bits per heavy atom. The molecule has 0 fully saturated rings. The van der Waals surface area contributed by atoms with Crippen molar-refractivity contribution in [3.8, 4) is 0 Å². The minimum atomic E-state index is -0.395. The molecule has 1 heterocycles. The van der Waals surface area contributed by atoms with Gasteiger partial charge < -0.3 is 4.74 Å². The highest BCUT2D eigenvalue weighted by Crippen LogP contribution is 1.94. The molecule has 62 valence electrons. The summed E-state index contributed by atoms with van der Waals surface area (Å²) >= 11 is 0. The van der Waals surface area contributed by atoms with E-state index < -0.39 is 5.97 Å². The van der Waals surface area contributed by atoms with E-state index in [-0.39, 0.29) is 0 Å². The minimum Gasteiger partial charge on any atom is -0.466 e. The molecule has 0 aliphatic rings. The summed E-state index contributed by atoms with van der Waals surface area (Å²) in [4.78, 5) is 18.2. The first-order valence-corrected chi connectivity index (χ1v) is 3.35. The summed E-state index contributed by atoms with van der Waals surface area (Å²) < 4.78 is 4.40. The second kappa shape index (κ2) is 4.23. The zero-order valence-corrected chi connectivity index (χ0v) is 6.60. The summed E-state index contributed by atoms with van der Waals surface area (Å²) in [5.41, 5.74) is 0.676. The molecule has 1 rings (SSSR count). The molecule has 0 atom stereocenters. The molecule has 0 saturated heterocycles. The Kier molecular flexibility index (Phi) is 2.95. The van der Waals surface area contributed by atoms with E-state index in [1.165, 1.54) is 19.5 Å². The first-order chi connectivity index (χ1) is 5.83. The molecule has 0 radical (unpaired) electrons. The number of aromatic nitrogens is 2. The Hall–Kier alpha value is -1.71. The molecule has 0 bridgehead atoms. The highest BCUT2D eigenvalue weighted by atomic mass is 16.5. The number of hydrogen-bond acceptors (Lipinski definition) is 4. The number of esters is 1. The van der Waals surface area contributed by atoms with Gasteiger partial charge in [-0.2, -0.15) is 0 Å². The highest BCUT2D eigenvalue weighted by Gasteiger charge is 1.90. The van der Waals surface area contributed by atoms with Crippen molar-refractivity contribution in [1.82, 2.24) is 9.97 Å². The summed E-state index contributed by atoms with van der Waals surface area (Å²) in [6, 6.07) is 1.69. The molecule has 1 aromatic rings. The Balaban J connectivity index is 2.64. The van der Waals surface area contributed by atoms with Gasteiger partial charge in [0.05, 0.1) is 12.8 Å². The molecule has 1 aromatic heterocycles. The van der Waals surface area contributed by atoms with Gasteiger partial charge in [0.25, 0.3) is 0 Å². The van der Waals surface area contributed by atoms with E-state index in [0.29, 0.717) is 5.69 Å². The van der Waals surface area contributed by atoms with Crippen LogP contribution in [-0.2, 0) is 9.53 Å². The zero-order chi connectivity index (χ0) is 8.81. The number of carbonyl (C=O) groups excluding carboxylic acids is 1. The van der Waals surface area contributed by atoms with Crippen LogP contribution in [-0.4, -0.2) is 23.0 Å². The predicted molar refractivity (Wildman–Crippen MR) is 43.1 cm³/mol. The van der Waals surface area contributed by atoms with Gasteiger partial charge in [0.2, 0.25) is 0 Å². The van der Waals surface area contributed by atoms with E-state index in [4.69, 9.17) is 0 Å². The molecule has 0 aliphatic heterocycles. The number of methoxy groups -OCH3 is 1. The summed E-state index contributed by atoms with van der Waals surface area (Å²) in [6.07, 6.45) is 5.89. The van der Waals surface area contributed by atoms with E-state index in [1.54, 1.807) is 18.3 Å². The molecule has 0 aromatic carbocycles. The standard InChI is InChI=1S/C8H8N2O2/c1-12-8(11)3-2-7-4-5-9-6-10-7/h2-6H,1H3/b3-2+. The van der Waals surface area contributed by atoms with Crippen LogP contribution in [0.1, 0.15) is 5.69 Å². The van der Waals surface area contributed by atoms with Crippen molar-refractivity contribution >= 4 is 12.0 Å². The van der Waals surface area contributed by atoms with Gasteiger partial charge in [-0.25, -0.2) is 14.8 Å². The molecule has 0 spiro atoms. The largest absolute Gasteiger partial charge is 0.466 e. The fraction of sp³-hybridized carbons (Fsp3) is 0.125. The monoisotopic (exact) mass is 164 g/mol. The van der Waals surface area contributed by atoms with Crippen molar-refractivity contribution in [3.63, 3.8) is 0 Å². The molecule has 0 saturated carbocycles. The topological polar surface area (TPSA) is 52.1 Å². The molecule has 0 N–H and O–H groups in total. The highest BCUT2D eigenvalue weighted by molar-refractivity contribution is 5.86. The molecule has 4 nitrogen and oxygen atoms in total. The van der Waals surface area contributed by atoms with Crippen LogP contribution < -0.4 is 0 Å². The lowest BCUT2D eigenvalue weighted by molar-refractivity contribution is -0.134.